The zero-order valence-electron chi connectivity index (χ0n) is 10.5. The van der Waals surface area contributed by atoms with E-state index < -0.39 is 12.1 Å². The van der Waals surface area contributed by atoms with Gasteiger partial charge < -0.3 is 5.32 Å². The second kappa shape index (κ2) is 5.80. The van der Waals surface area contributed by atoms with Crippen molar-refractivity contribution in [2.45, 2.75) is 32.2 Å². The fourth-order valence-corrected chi connectivity index (χ4v) is 2.39. The number of halogens is 2. The predicted octanol–water partition coefficient (Wildman–Crippen LogP) is 3.61. The van der Waals surface area contributed by atoms with Crippen molar-refractivity contribution in [3.05, 3.63) is 28.2 Å². The Balaban J connectivity index is 2.27. The third kappa shape index (κ3) is 2.85. The molecule has 6 heteroatoms. The van der Waals surface area contributed by atoms with Crippen molar-refractivity contribution in [3.8, 4) is 0 Å². The number of hydrogen-bond donors (Lipinski definition) is 1. The third-order valence-corrected chi connectivity index (χ3v) is 3.57. The molecule has 2 rings (SSSR count). The first kappa shape index (κ1) is 14.2. The number of imide groups is 1. The van der Waals surface area contributed by atoms with Crippen molar-refractivity contribution in [2.75, 3.05) is 4.90 Å². The lowest BCUT2D eigenvalue weighted by molar-refractivity contribution is -0.118. The van der Waals surface area contributed by atoms with E-state index in [1.807, 2.05) is 6.92 Å². The number of amides is 3. The molecule has 0 bridgehead atoms. The monoisotopic (exact) mass is 300 g/mol. The molecule has 102 valence electrons. The molecule has 3 amide bonds. The molecule has 1 unspecified atom stereocenters. The SMILES string of the molecule is CCCCC1NC(=O)N(c2cc(Cl)ccc2Cl)C1=O. The average molecular weight is 301 g/mol. The number of benzene rings is 1. The van der Waals surface area contributed by atoms with E-state index >= 15 is 0 Å². The zero-order chi connectivity index (χ0) is 14.0. The van der Waals surface area contributed by atoms with E-state index in [0.717, 1.165) is 17.7 Å². The molecule has 1 fully saturated rings. The minimum atomic E-state index is -0.470. The summed E-state index contributed by atoms with van der Waals surface area (Å²) in [6.07, 6.45) is 2.49. The summed E-state index contributed by atoms with van der Waals surface area (Å²) in [5, 5.41) is 3.42. The van der Waals surface area contributed by atoms with Crippen LogP contribution >= 0.6 is 23.2 Å². The molecule has 1 aromatic carbocycles. The quantitative estimate of drug-likeness (QED) is 0.864. The molecule has 19 heavy (non-hydrogen) atoms. The molecule has 1 atom stereocenters. The van der Waals surface area contributed by atoms with Crippen LogP contribution < -0.4 is 10.2 Å². The Labute approximate surface area is 121 Å². The van der Waals surface area contributed by atoms with Crippen LogP contribution in [0.4, 0.5) is 10.5 Å². The number of anilines is 1. The summed E-state index contributed by atoms with van der Waals surface area (Å²) in [5.74, 6) is -0.275. The van der Waals surface area contributed by atoms with Gasteiger partial charge in [-0.1, -0.05) is 43.0 Å². The molecule has 1 aromatic rings. The molecule has 4 nitrogen and oxygen atoms in total. The number of rotatable bonds is 4. The highest BCUT2D eigenvalue weighted by atomic mass is 35.5. The number of nitrogens with one attached hydrogen (secondary N) is 1. The topological polar surface area (TPSA) is 49.4 Å². The summed E-state index contributed by atoms with van der Waals surface area (Å²) >= 11 is 11.9. The van der Waals surface area contributed by atoms with E-state index in [1.165, 1.54) is 6.07 Å². The number of urea groups is 1. The van der Waals surface area contributed by atoms with Gasteiger partial charge in [-0.15, -0.1) is 0 Å². The molecule has 1 aliphatic heterocycles. The molecular weight excluding hydrogens is 287 g/mol. The van der Waals surface area contributed by atoms with Gasteiger partial charge in [-0.3, -0.25) is 4.79 Å². The van der Waals surface area contributed by atoms with E-state index in [0.29, 0.717) is 22.2 Å². The second-order valence-corrected chi connectivity index (χ2v) is 5.26. The van der Waals surface area contributed by atoms with Gasteiger partial charge in [0.15, 0.2) is 0 Å². The Morgan fingerprint density at radius 1 is 1.32 bits per heavy atom. The molecule has 0 radical (unpaired) electrons. The molecule has 0 aromatic heterocycles. The van der Waals surface area contributed by atoms with Gasteiger partial charge in [0.1, 0.15) is 6.04 Å². The van der Waals surface area contributed by atoms with Crippen LogP contribution in [0.2, 0.25) is 10.0 Å². The average Bonchev–Trinajstić information content (AvgIpc) is 2.65. The number of carbonyl (C=O) groups is 2. The largest absolute Gasteiger partial charge is 0.329 e. The summed E-state index contributed by atoms with van der Waals surface area (Å²) in [7, 11) is 0. The fraction of sp³-hybridized carbons (Fsp3) is 0.385. The molecule has 0 aliphatic carbocycles. The second-order valence-electron chi connectivity index (χ2n) is 4.41. The van der Waals surface area contributed by atoms with Crippen LogP contribution in [0.15, 0.2) is 18.2 Å². The summed E-state index contributed by atoms with van der Waals surface area (Å²) in [6.45, 7) is 2.03. The number of nitrogens with zero attached hydrogens (tertiary/aromatic N) is 1. The van der Waals surface area contributed by atoms with Gasteiger partial charge in [0.25, 0.3) is 5.91 Å². The Hall–Kier alpha value is -1.26. The van der Waals surface area contributed by atoms with Crippen molar-refractivity contribution in [3.63, 3.8) is 0 Å². The summed E-state index contributed by atoms with van der Waals surface area (Å²) in [4.78, 5) is 25.2. The molecule has 1 saturated heterocycles. The Kier molecular flexibility index (Phi) is 4.32. The third-order valence-electron chi connectivity index (χ3n) is 3.01. The van der Waals surface area contributed by atoms with Crippen LogP contribution in [0, 0.1) is 0 Å². The van der Waals surface area contributed by atoms with E-state index in [1.54, 1.807) is 12.1 Å². The molecular formula is C13H14Cl2N2O2. The first-order valence-corrected chi connectivity index (χ1v) is 6.89. The minimum absolute atomic E-state index is 0.275. The van der Waals surface area contributed by atoms with Gasteiger partial charge in [-0.05, 0) is 24.6 Å². The van der Waals surface area contributed by atoms with Crippen molar-refractivity contribution in [2.24, 2.45) is 0 Å². The van der Waals surface area contributed by atoms with Crippen LogP contribution in [0.25, 0.3) is 0 Å². The fourth-order valence-electron chi connectivity index (χ4n) is 2.02. The minimum Gasteiger partial charge on any atom is -0.325 e. The Bertz CT molecular complexity index is 519. The van der Waals surface area contributed by atoms with Crippen molar-refractivity contribution in [1.29, 1.82) is 0 Å². The van der Waals surface area contributed by atoms with Gasteiger partial charge in [0.05, 0.1) is 10.7 Å². The number of unbranched alkanes of at least 4 members (excludes halogenated alkanes) is 1. The maximum absolute atomic E-state index is 12.2. The highest BCUT2D eigenvalue weighted by molar-refractivity contribution is 6.37. The van der Waals surface area contributed by atoms with Gasteiger partial charge >= 0.3 is 6.03 Å². The zero-order valence-corrected chi connectivity index (χ0v) is 12.0. The lowest BCUT2D eigenvalue weighted by atomic mass is 10.1. The van der Waals surface area contributed by atoms with Crippen molar-refractivity contribution >= 4 is 40.8 Å². The summed E-state index contributed by atoms with van der Waals surface area (Å²) in [5.41, 5.74) is 0.329. The van der Waals surface area contributed by atoms with E-state index in [2.05, 4.69) is 5.32 Å². The highest BCUT2D eigenvalue weighted by Crippen LogP contribution is 2.31. The smallest absolute Gasteiger partial charge is 0.325 e. The van der Waals surface area contributed by atoms with Crippen molar-refractivity contribution < 1.29 is 9.59 Å². The van der Waals surface area contributed by atoms with Crippen LogP contribution in [0.1, 0.15) is 26.2 Å². The predicted molar refractivity (Wildman–Crippen MR) is 75.8 cm³/mol. The molecule has 0 saturated carbocycles. The molecule has 1 N–H and O–H groups in total. The van der Waals surface area contributed by atoms with Crippen LogP contribution in [0.3, 0.4) is 0 Å². The Morgan fingerprint density at radius 3 is 2.74 bits per heavy atom. The van der Waals surface area contributed by atoms with Crippen LogP contribution in [-0.2, 0) is 4.79 Å². The van der Waals surface area contributed by atoms with Gasteiger partial charge in [-0.25, -0.2) is 9.69 Å². The summed E-state index contributed by atoms with van der Waals surface area (Å²) in [6, 6.07) is 3.78. The maximum atomic E-state index is 12.2. The van der Waals surface area contributed by atoms with Gasteiger partial charge in [-0.2, -0.15) is 0 Å². The summed E-state index contributed by atoms with van der Waals surface area (Å²) < 4.78 is 0. The first-order chi connectivity index (χ1) is 9.04. The van der Waals surface area contributed by atoms with E-state index in [9.17, 15) is 9.59 Å². The molecule has 1 heterocycles. The van der Waals surface area contributed by atoms with Crippen LogP contribution in [0.5, 0.6) is 0 Å². The van der Waals surface area contributed by atoms with E-state index in [-0.39, 0.29) is 5.91 Å². The molecule has 0 spiro atoms. The number of hydrogen-bond acceptors (Lipinski definition) is 2. The standard InChI is InChI=1S/C13H14Cl2N2O2/c1-2-3-4-10-12(18)17(13(19)16-10)11-7-8(14)5-6-9(11)15/h5-7,10H,2-4H2,1H3,(H,16,19). The van der Waals surface area contributed by atoms with E-state index in [4.69, 9.17) is 23.2 Å². The van der Waals surface area contributed by atoms with Gasteiger partial charge in [0, 0.05) is 5.02 Å². The maximum Gasteiger partial charge on any atom is 0.329 e. The normalized spacial score (nSPS) is 18.9. The Morgan fingerprint density at radius 2 is 2.05 bits per heavy atom. The lowest BCUT2D eigenvalue weighted by Gasteiger charge is -2.15. The van der Waals surface area contributed by atoms with Crippen molar-refractivity contribution in [1.82, 2.24) is 5.32 Å². The highest BCUT2D eigenvalue weighted by Gasteiger charge is 2.39. The van der Waals surface area contributed by atoms with Crippen LogP contribution in [-0.4, -0.2) is 18.0 Å². The first-order valence-electron chi connectivity index (χ1n) is 6.14. The lowest BCUT2D eigenvalue weighted by Crippen LogP contribution is -2.31. The molecule has 1 aliphatic rings. The number of carbonyl (C=O) groups excluding carboxylic acids is 2. The van der Waals surface area contributed by atoms with Gasteiger partial charge in [0.2, 0.25) is 0 Å².